The van der Waals surface area contributed by atoms with Crippen LogP contribution in [0.3, 0.4) is 0 Å². The molecule has 1 N–H and O–H groups in total. The number of thioether (sulfide) groups is 1. The number of aromatic nitrogens is 2. The van der Waals surface area contributed by atoms with E-state index in [0.29, 0.717) is 5.56 Å². The highest BCUT2D eigenvalue weighted by molar-refractivity contribution is 7.99. The van der Waals surface area contributed by atoms with Gasteiger partial charge in [-0.1, -0.05) is 6.92 Å². The molecular weight excluding hydrogens is 270 g/mol. The summed E-state index contributed by atoms with van der Waals surface area (Å²) < 4.78 is 1.79. The van der Waals surface area contributed by atoms with Crippen LogP contribution >= 0.6 is 11.8 Å². The van der Waals surface area contributed by atoms with Crippen molar-refractivity contribution in [1.82, 2.24) is 9.78 Å². The Bertz CT molecular complexity index is 590. The number of rotatable bonds is 5. The van der Waals surface area contributed by atoms with E-state index < -0.39 is 0 Å². The Balaban J connectivity index is 2.11. The zero-order valence-corrected chi connectivity index (χ0v) is 12.8. The summed E-state index contributed by atoms with van der Waals surface area (Å²) in [7, 11) is 0. The summed E-state index contributed by atoms with van der Waals surface area (Å²) in [6.07, 6.45) is 0. The number of hydrogen-bond acceptors (Lipinski definition) is 3. The van der Waals surface area contributed by atoms with Gasteiger partial charge in [-0.3, -0.25) is 4.79 Å². The van der Waals surface area contributed by atoms with Gasteiger partial charge >= 0.3 is 0 Å². The molecule has 1 amide bonds. The van der Waals surface area contributed by atoms with E-state index in [1.54, 1.807) is 16.4 Å². The average molecular weight is 289 g/mol. The van der Waals surface area contributed by atoms with E-state index >= 15 is 0 Å². The molecule has 0 fully saturated rings. The second kappa shape index (κ2) is 6.61. The van der Waals surface area contributed by atoms with Gasteiger partial charge in [-0.2, -0.15) is 5.10 Å². The Labute approximate surface area is 123 Å². The normalized spacial score (nSPS) is 10.6. The molecule has 0 saturated heterocycles. The molecule has 0 radical (unpaired) electrons. The molecule has 0 bridgehead atoms. The van der Waals surface area contributed by atoms with Gasteiger partial charge in [-0.05, 0) is 43.9 Å². The monoisotopic (exact) mass is 289 g/mol. The van der Waals surface area contributed by atoms with Crippen molar-refractivity contribution in [2.75, 3.05) is 11.1 Å². The molecule has 0 aliphatic carbocycles. The maximum atomic E-state index is 12.2. The van der Waals surface area contributed by atoms with Crippen LogP contribution in [-0.4, -0.2) is 21.4 Å². The lowest BCUT2D eigenvalue weighted by Crippen LogP contribution is -2.15. The van der Waals surface area contributed by atoms with Crippen molar-refractivity contribution in [2.45, 2.75) is 32.2 Å². The van der Waals surface area contributed by atoms with Crippen LogP contribution < -0.4 is 5.32 Å². The molecule has 2 aromatic rings. The summed E-state index contributed by atoms with van der Waals surface area (Å²) >= 11 is 1.76. The van der Waals surface area contributed by atoms with Gasteiger partial charge in [0.05, 0.1) is 5.69 Å². The van der Waals surface area contributed by atoms with Crippen molar-refractivity contribution in [2.24, 2.45) is 0 Å². The largest absolute Gasteiger partial charge is 0.307 e. The summed E-state index contributed by atoms with van der Waals surface area (Å²) in [6, 6.07) is 9.54. The fourth-order valence-electron chi connectivity index (χ4n) is 1.94. The smallest absolute Gasteiger partial charge is 0.256 e. The van der Waals surface area contributed by atoms with E-state index in [1.807, 2.05) is 44.2 Å². The van der Waals surface area contributed by atoms with Crippen LogP contribution in [0.1, 0.15) is 29.9 Å². The molecule has 0 unspecified atom stereocenters. The van der Waals surface area contributed by atoms with Crippen LogP contribution in [-0.2, 0) is 6.54 Å². The molecule has 0 aliphatic rings. The molecule has 2 rings (SSSR count). The van der Waals surface area contributed by atoms with Crippen molar-refractivity contribution in [3.8, 4) is 0 Å². The third-order valence-electron chi connectivity index (χ3n) is 2.87. The topological polar surface area (TPSA) is 46.9 Å². The fraction of sp³-hybridized carbons (Fsp3) is 0.333. The highest BCUT2D eigenvalue weighted by Gasteiger charge is 2.10. The Hall–Kier alpha value is -1.75. The molecule has 1 aromatic carbocycles. The first-order valence-electron chi connectivity index (χ1n) is 6.72. The molecule has 20 heavy (non-hydrogen) atoms. The van der Waals surface area contributed by atoms with E-state index in [9.17, 15) is 4.79 Å². The second-order valence-electron chi connectivity index (χ2n) is 4.40. The zero-order chi connectivity index (χ0) is 14.5. The Kier molecular flexibility index (Phi) is 4.84. The third kappa shape index (κ3) is 3.42. The quantitative estimate of drug-likeness (QED) is 0.856. The molecule has 106 valence electrons. The summed E-state index contributed by atoms with van der Waals surface area (Å²) in [6.45, 7) is 6.76. The maximum absolute atomic E-state index is 12.2. The minimum Gasteiger partial charge on any atom is -0.307 e. The minimum absolute atomic E-state index is 0.104. The number of benzene rings is 1. The van der Waals surface area contributed by atoms with Gasteiger partial charge in [0, 0.05) is 23.1 Å². The molecular formula is C15H19N3OS. The predicted molar refractivity (Wildman–Crippen MR) is 83.4 cm³/mol. The molecule has 1 heterocycles. The summed E-state index contributed by atoms with van der Waals surface area (Å²) in [5.74, 6) is 1.66. The molecule has 4 nitrogen and oxygen atoms in total. The third-order valence-corrected chi connectivity index (χ3v) is 3.76. The number of nitrogens with zero attached hydrogens (tertiary/aromatic N) is 2. The first-order chi connectivity index (χ1) is 9.63. The van der Waals surface area contributed by atoms with Gasteiger partial charge in [-0.25, -0.2) is 4.68 Å². The molecule has 0 saturated carbocycles. The highest BCUT2D eigenvalue weighted by Crippen LogP contribution is 2.18. The second-order valence-corrected chi connectivity index (χ2v) is 5.74. The van der Waals surface area contributed by atoms with E-state index in [4.69, 9.17) is 0 Å². The Morgan fingerprint density at radius 1 is 1.30 bits per heavy atom. The van der Waals surface area contributed by atoms with Crippen molar-refractivity contribution >= 4 is 23.5 Å². The van der Waals surface area contributed by atoms with E-state index in [2.05, 4.69) is 17.3 Å². The van der Waals surface area contributed by atoms with Gasteiger partial charge in [-0.15, -0.1) is 11.8 Å². The van der Waals surface area contributed by atoms with Gasteiger partial charge in [0.15, 0.2) is 0 Å². The average Bonchev–Trinajstić information content (AvgIpc) is 2.80. The summed E-state index contributed by atoms with van der Waals surface area (Å²) in [4.78, 5) is 13.4. The number of carbonyl (C=O) groups is 1. The molecule has 0 spiro atoms. The van der Waals surface area contributed by atoms with Gasteiger partial charge in [0.2, 0.25) is 0 Å². The first kappa shape index (κ1) is 14.7. The molecule has 0 aliphatic heterocycles. The minimum atomic E-state index is -0.104. The lowest BCUT2D eigenvalue weighted by molar-refractivity contribution is 0.102. The van der Waals surface area contributed by atoms with Crippen LogP contribution in [0.2, 0.25) is 0 Å². The van der Waals surface area contributed by atoms with Crippen molar-refractivity contribution < 1.29 is 4.79 Å². The highest BCUT2D eigenvalue weighted by atomic mass is 32.2. The van der Waals surface area contributed by atoms with E-state index in [0.717, 1.165) is 23.8 Å². The fourth-order valence-corrected chi connectivity index (χ4v) is 2.61. The van der Waals surface area contributed by atoms with E-state index in [1.165, 1.54) is 4.90 Å². The number of anilines is 1. The van der Waals surface area contributed by atoms with Crippen molar-refractivity contribution in [3.63, 3.8) is 0 Å². The number of aryl methyl sites for hydroxylation is 2. The van der Waals surface area contributed by atoms with Crippen LogP contribution in [0.4, 0.5) is 5.82 Å². The lowest BCUT2D eigenvalue weighted by Gasteiger charge is -2.07. The van der Waals surface area contributed by atoms with Gasteiger partial charge in [0.25, 0.3) is 5.91 Å². The summed E-state index contributed by atoms with van der Waals surface area (Å²) in [5, 5.41) is 7.22. The van der Waals surface area contributed by atoms with E-state index in [-0.39, 0.29) is 5.91 Å². The lowest BCUT2D eigenvalue weighted by atomic mass is 10.2. The number of nitrogens with one attached hydrogen (secondary N) is 1. The standard InChI is InChI=1S/C15H19N3OS/c1-4-18-14(10-11(3)17-18)16-15(19)12-6-8-13(9-7-12)20-5-2/h6-10H,4-5H2,1-3H3,(H,16,19). The maximum Gasteiger partial charge on any atom is 0.256 e. The Morgan fingerprint density at radius 2 is 2.00 bits per heavy atom. The van der Waals surface area contributed by atoms with Gasteiger partial charge < -0.3 is 5.32 Å². The number of amides is 1. The van der Waals surface area contributed by atoms with Crippen LogP contribution in [0.25, 0.3) is 0 Å². The molecule has 0 atom stereocenters. The van der Waals surface area contributed by atoms with Crippen molar-refractivity contribution in [1.29, 1.82) is 0 Å². The first-order valence-corrected chi connectivity index (χ1v) is 7.71. The molecule has 1 aromatic heterocycles. The summed E-state index contributed by atoms with van der Waals surface area (Å²) in [5.41, 5.74) is 1.56. The van der Waals surface area contributed by atoms with Gasteiger partial charge in [0.1, 0.15) is 5.82 Å². The predicted octanol–water partition coefficient (Wildman–Crippen LogP) is 3.58. The van der Waals surface area contributed by atoms with Crippen LogP contribution in [0, 0.1) is 6.92 Å². The van der Waals surface area contributed by atoms with Crippen LogP contribution in [0.15, 0.2) is 35.2 Å². The Morgan fingerprint density at radius 3 is 2.60 bits per heavy atom. The van der Waals surface area contributed by atoms with Crippen molar-refractivity contribution in [3.05, 3.63) is 41.6 Å². The van der Waals surface area contributed by atoms with Crippen LogP contribution in [0.5, 0.6) is 0 Å². The molecule has 5 heteroatoms. The number of carbonyl (C=O) groups excluding carboxylic acids is 1. The number of hydrogen-bond donors (Lipinski definition) is 1. The zero-order valence-electron chi connectivity index (χ0n) is 12.0. The SMILES string of the molecule is CCSc1ccc(C(=O)Nc2cc(C)nn2CC)cc1.